The number of para-hydroxylation sites is 1. The molecule has 0 saturated carbocycles. The summed E-state index contributed by atoms with van der Waals surface area (Å²) in [7, 11) is 0. The fourth-order valence-corrected chi connectivity index (χ4v) is 1.89. The lowest BCUT2D eigenvalue weighted by Crippen LogP contribution is -2.32. The van der Waals surface area contributed by atoms with Crippen LogP contribution in [0.1, 0.15) is 40.8 Å². The summed E-state index contributed by atoms with van der Waals surface area (Å²) in [6, 6.07) is 10.3. The molecule has 0 fully saturated rings. The van der Waals surface area contributed by atoms with Gasteiger partial charge >= 0.3 is 5.97 Å². The van der Waals surface area contributed by atoms with E-state index >= 15 is 0 Å². The minimum absolute atomic E-state index is 0.00708. The van der Waals surface area contributed by atoms with Gasteiger partial charge in [0.2, 0.25) is 5.76 Å². The molecule has 6 heteroatoms. The van der Waals surface area contributed by atoms with Gasteiger partial charge in [-0.05, 0) is 18.6 Å². The molecule has 110 valence electrons. The number of benzene rings is 1. The van der Waals surface area contributed by atoms with Gasteiger partial charge in [0.1, 0.15) is 0 Å². The Morgan fingerprint density at radius 2 is 2.00 bits per heavy atom. The monoisotopic (exact) mass is 288 g/mol. The molecule has 0 bridgehead atoms. The molecular formula is C15H16N2O4. The molecule has 1 aromatic carbocycles. The molecule has 0 radical (unpaired) electrons. The topological polar surface area (TPSA) is 83.6 Å². The first kappa shape index (κ1) is 14.8. The van der Waals surface area contributed by atoms with Gasteiger partial charge in [-0.2, -0.15) is 0 Å². The second-order valence-electron chi connectivity index (χ2n) is 4.53. The van der Waals surface area contributed by atoms with E-state index in [2.05, 4.69) is 9.68 Å². The fourth-order valence-electron chi connectivity index (χ4n) is 1.89. The lowest BCUT2D eigenvalue weighted by atomic mass is 10.2. The van der Waals surface area contributed by atoms with Crippen molar-refractivity contribution in [3.63, 3.8) is 0 Å². The van der Waals surface area contributed by atoms with Crippen LogP contribution in [0.2, 0.25) is 0 Å². The molecule has 0 unspecified atom stereocenters. The summed E-state index contributed by atoms with van der Waals surface area (Å²) in [5.41, 5.74) is 0.739. The lowest BCUT2D eigenvalue weighted by Gasteiger charge is -2.21. The number of anilines is 1. The Bertz CT molecular complexity index is 622. The number of aromatic nitrogens is 1. The Hall–Kier alpha value is -2.63. The number of unbranched alkanes of at least 4 members (excludes halogenated alkanes) is 1. The molecule has 0 aliphatic rings. The van der Waals surface area contributed by atoms with Crippen molar-refractivity contribution in [1.82, 2.24) is 5.16 Å². The highest BCUT2D eigenvalue weighted by Gasteiger charge is 2.22. The molecule has 0 aliphatic carbocycles. The average Bonchev–Trinajstić information content (AvgIpc) is 2.98. The molecule has 1 N–H and O–H groups in total. The third-order valence-electron chi connectivity index (χ3n) is 2.99. The van der Waals surface area contributed by atoms with Gasteiger partial charge < -0.3 is 14.5 Å². The predicted octanol–water partition coefficient (Wildman–Crippen LogP) is 2.82. The molecule has 1 heterocycles. The highest BCUT2D eigenvalue weighted by atomic mass is 16.5. The van der Waals surface area contributed by atoms with Crippen molar-refractivity contribution < 1.29 is 19.2 Å². The van der Waals surface area contributed by atoms with Crippen LogP contribution in [0, 0.1) is 0 Å². The maximum Gasteiger partial charge on any atom is 0.374 e. The third kappa shape index (κ3) is 3.47. The van der Waals surface area contributed by atoms with E-state index in [9.17, 15) is 9.59 Å². The highest BCUT2D eigenvalue weighted by molar-refractivity contribution is 6.05. The van der Waals surface area contributed by atoms with Crippen LogP contribution in [0.5, 0.6) is 0 Å². The van der Waals surface area contributed by atoms with Crippen LogP contribution < -0.4 is 4.90 Å². The number of carboxylic acids is 1. The Morgan fingerprint density at radius 1 is 1.29 bits per heavy atom. The molecule has 0 atom stereocenters. The maximum absolute atomic E-state index is 12.5. The van der Waals surface area contributed by atoms with Crippen molar-refractivity contribution in [2.24, 2.45) is 0 Å². The summed E-state index contributed by atoms with van der Waals surface area (Å²) < 4.78 is 4.64. The van der Waals surface area contributed by atoms with E-state index in [1.54, 1.807) is 4.90 Å². The van der Waals surface area contributed by atoms with E-state index in [1.165, 1.54) is 0 Å². The summed E-state index contributed by atoms with van der Waals surface area (Å²) in [6.45, 7) is 2.57. The number of rotatable bonds is 6. The van der Waals surface area contributed by atoms with Crippen LogP contribution in [0.25, 0.3) is 0 Å². The number of amides is 1. The number of hydrogen-bond donors (Lipinski definition) is 1. The van der Waals surface area contributed by atoms with Crippen LogP contribution in [-0.2, 0) is 0 Å². The molecule has 1 amide bonds. The lowest BCUT2D eigenvalue weighted by molar-refractivity contribution is 0.0651. The number of aromatic carboxylic acids is 1. The normalized spacial score (nSPS) is 10.3. The number of carboxylic acid groups (broad SMARTS) is 1. The maximum atomic E-state index is 12.5. The number of hydrogen-bond acceptors (Lipinski definition) is 4. The van der Waals surface area contributed by atoms with Crippen LogP contribution in [-0.4, -0.2) is 28.7 Å². The van der Waals surface area contributed by atoms with Crippen molar-refractivity contribution in [2.45, 2.75) is 19.8 Å². The van der Waals surface area contributed by atoms with E-state index in [-0.39, 0.29) is 17.4 Å². The molecule has 2 aromatic rings. The summed E-state index contributed by atoms with van der Waals surface area (Å²) in [4.78, 5) is 24.9. The average molecular weight is 288 g/mol. The second-order valence-corrected chi connectivity index (χ2v) is 4.53. The Balaban J connectivity index is 2.27. The summed E-state index contributed by atoms with van der Waals surface area (Å²) in [6.07, 6.45) is 1.78. The minimum atomic E-state index is -1.25. The number of carbonyl (C=O) groups excluding carboxylic acids is 1. The molecule has 0 saturated heterocycles. The first-order valence-corrected chi connectivity index (χ1v) is 6.70. The van der Waals surface area contributed by atoms with Crippen molar-refractivity contribution >= 4 is 17.6 Å². The van der Waals surface area contributed by atoms with Gasteiger partial charge in [0.15, 0.2) is 5.69 Å². The van der Waals surface area contributed by atoms with Gasteiger partial charge in [0.25, 0.3) is 5.91 Å². The van der Waals surface area contributed by atoms with Crippen molar-refractivity contribution in [3.8, 4) is 0 Å². The van der Waals surface area contributed by atoms with Crippen LogP contribution in [0.3, 0.4) is 0 Å². The van der Waals surface area contributed by atoms with Crippen LogP contribution >= 0.6 is 0 Å². The van der Waals surface area contributed by atoms with E-state index in [0.717, 1.165) is 24.6 Å². The highest BCUT2D eigenvalue weighted by Crippen LogP contribution is 2.18. The zero-order valence-electron chi connectivity index (χ0n) is 11.7. The van der Waals surface area contributed by atoms with Crippen molar-refractivity contribution in [2.75, 3.05) is 11.4 Å². The molecular weight excluding hydrogens is 272 g/mol. The van der Waals surface area contributed by atoms with Gasteiger partial charge in [-0.25, -0.2) is 4.79 Å². The van der Waals surface area contributed by atoms with Crippen LogP contribution in [0.4, 0.5) is 5.69 Å². The molecule has 0 spiro atoms. The third-order valence-corrected chi connectivity index (χ3v) is 2.99. The predicted molar refractivity (Wildman–Crippen MR) is 76.5 cm³/mol. The van der Waals surface area contributed by atoms with Crippen molar-refractivity contribution in [3.05, 3.63) is 47.9 Å². The summed E-state index contributed by atoms with van der Waals surface area (Å²) in [5.74, 6) is -1.96. The molecule has 1 aromatic heterocycles. The zero-order valence-corrected chi connectivity index (χ0v) is 11.7. The Morgan fingerprint density at radius 3 is 2.57 bits per heavy atom. The second kappa shape index (κ2) is 6.69. The first-order valence-electron chi connectivity index (χ1n) is 6.70. The van der Waals surface area contributed by atoms with Gasteiger partial charge in [-0.15, -0.1) is 0 Å². The largest absolute Gasteiger partial charge is 0.475 e. The molecule has 21 heavy (non-hydrogen) atoms. The first-order chi connectivity index (χ1) is 10.1. The van der Waals surface area contributed by atoms with Crippen molar-refractivity contribution in [1.29, 1.82) is 0 Å². The molecule has 0 aliphatic heterocycles. The Labute approximate surface area is 122 Å². The standard InChI is InChI=1S/C15H16N2O4/c1-2-3-9-17(11-7-5-4-6-8-11)14(18)12-10-13(15(19)20)21-16-12/h4-8,10H,2-3,9H2,1H3,(H,19,20). The van der Waals surface area contributed by atoms with E-state index < -0.39 is 5.97 Å². The Kier molecular flexibility index (Phi) is 4.71. The quantitative estimate of drug-likeness (QED) is 0.883. The number of nitrogens with zero attached hydrogens (tertiary/aromatic N) is 2. The SMILES string of the molecule is CCCCN(C(=O)c1cc(C(=O)O)on1)c1ccccc1. The van der Waals surface area contributed by atoms with Gasteiger partial charge in [0, 0.05) is 18.3 Å². The van der Waals surface area contributed by atoms with Gasteiger partial charge in [-0.3, -0.25) is 4.79 Å². The summed E-state index contributed by atoms with van der Waals surface area (Å²) >= 11 is 0. The van der Waals surface area contributed by atoms with Gasteiger partial charge in [-0.1, -0.05) is 36.7 Å². The fraction of sp³-hybridized carbons (Fsp3) is 0.267. The smallest absolute Gasteiger partial charge is 0.374 e. The summed E-state index contributed by atoms with van der Waals surface area (Å²) in [5, 5.41) is 12.4. The van der Waals surface area contributed by atoms with E-state index in [1.807, 2.05) is 37.3 Å². The minimum Gasteiger partial charge on any atom is -0.475 e. The molecule has 2 rings (SSSR count). The van der Waals surface area contributed by atoms with Gasteiger partial charge in [0.05, 0.1) is 0 Å². The van der Waals surface area contributed by atoms with Crippen LogP contribution in [0.15, 0.2) is 40.9 Å². The van der Waals surface area contributed by atoms with E-state index in [0.29, 0.717) is 6.54 Å². The number of carbonyl (C=O) groups is 2. The molecule has 6 nitrogen and oxygen atoms in total. The zero-order chi connectivity index (χ0) is 15.2. The van der Waals surface area contributed by atoms with E-state index in [4.69, 9.17) is 5.11 Å².